The number of carbonyl (C=O) groups excluding carboxylic acids is 1. The largest absolute Gasteiger partial charge is 0.444 e. The van der Waals surface area contributed by atoms with Gasteiger partial charge in [-0.3, -0.25) is 0 Å². The van der Waals surface area contributed by atoms with Gasteiger partial charge >= 0.3 is 12.1 Å². The Balaban J connectivity index is 1.97. The minimum Gasteiger partial charge on any atom is -0.444 e. The average Bonchev–Trinajstić information content (AvgIpc) is 2.85. The lowest BCUT2D eigenvalue weighted by molar-refractivity contribution is 0.0501. The Hall–Kier alpha value is -2.57. The first-order valence-corrected chi connectivity index (χ1v) is 7.39. The molecular formula is C16H22N4O3. The number of anilines is 2. The van der Waals surface area contributed by atoms with Crippen molar-refractivity contribution >= 4 is 17.8 Å². The molecular weight excluding hydrogens is 296 g/mol. The van der Waals surface area contributed by atoms with E-state index in [-0.39, 0.29) is 6.01 Å². The zero-order valence-electron chi connectivity index (χ0n) is 14.0. The van der Waals surface area contributed by atoms with Crippen LogP contribution in [0.25, 0.3) is 0 Å². The summed E-state index contributed by atoms with van der Waals surface area (Å²) in [6.07, 6.45) is -0.531. The van der Waals surface area contributed by atoms with Crippen molar-refractivity contribution in [3.05, 3.63) is 35.7 Å². The quantitative estimate of drug-likeness (QED) is 0.893. The number of aromatic nitrogens is 2. The molecule has 0 aliphatic rings. The molecule has 7 nitrogen and oxygen atoms in total. The maximum absolute atomic E-state index is 11.7. The molecule has 0 bridgehead atoms. The number of nitrogens with one attached hydrogen (secondary N) is 2. The van der Waals surface area contributed by atoms with Gasteiger partial charge in [-0.2, -0.15) is 0 Å². The first-order valence-electron chi connectivity index (χ1n) is 7.39. The van der Waals surface area contributed by atoms with E-state index in [0.717, 1.165) is 11.3 Å². The van der Waals surface area contributed by atoms with Crippen LogP contribution in [-0.2, 0) is 4.74 Å². The van der Waals surface area contributed by atoms with Crippen LogP contribution in [0.4, 0.5) is 16.5 Å². The number of ether oxygens (including phenoxy) is 1. The lowest BCUT2D eigenvalue weighted by atomic mass is 10.2. The SMILES string of the molecule is Cc1cccc(Nc2nnc([C@H](C)NC(=O)OC(C)(C)C)o2)c1. The molecule has 0 fully saturated rings. The number of hydrogen-bond donors (Lipinski definition) is 2. The van der Waals surface area contributed by atoms with Crippen LogP contribution in [0.2, 0.25) is 0 Å². The molecule has 7 heteroatoms. The van der Waals surface area contributed by atoms with Crippen molar-refractivity contribution in [2.24, 2.45) is 0 Å². The molecule has 2 N–H and O–H groups in total. The van der Waals surface area contributed by atoms with Gasteiger partial charge in [0.15, 0.2) is 0 Å². The Morgan fingerprint density at radius 1 is 1.30 bits per heavy atom. The van der Waals surface area contributed by atoms with Crippen molar-refractivity contribution in [3.8, 4) is 0 Å². The predicted molar refractivity (Wildman–Crippen MR) is 86.5 cm³/mol. The molecule has 1 amide bonds. The molecule has 1 aromatic heterocycles. The van der Waals surface area contributed by atoms with E-state index >= 15 is 0 Å². The fourth-order valence-corrected chi connectivity index (χ4v) is 1.85. The summed E-state index contributed by atoms with van der Waals surface area (Å²) in [6, 6.07) is 7.61. The highest BCUT2D eigenvalue weighted by Gasteiger charge is 2.21. The summed E-state index contributed by atoms with van der Waals surface area (Å²) in [5.41, 5.74) is 1.42. The van der Waals surface area contributed by atoms with E-state index in [1.807, 2.05) is 31.2 Å². The van der Waals surface area contributed by atoms with E-state index < -0.39 is 17.7 Å². The molecule has 0 radical (unpaired) electrons. The number of amides is 1. The third kappa shape index (κ3) is 5.28. The van der Waals surface area contributed by atoms with Gasteiger partial charge < -0.3 is 19.8 Å². The zero-order chi connectivity index (χ0) is 17.0. The smallest absolute Gasteiger partial charge is 0.408 e. The van der Waals surface area contributed by atoms with Crippen LogP contribution in [0, 0.1) is 6.92 Å². The minimum atomic E-state index is -0.559. The molecule has 23 heavy (non-hydrogen) atoms. The Kier molecular flexibility index (Phi) is 4.88. The van der Waals surface area contributed by atoms with Gasteiger partial charge in [0.05, 0.1) is 0 Å². The molecule has 1 atom stereocenters. The summed E-state index contributed by atoms with van der Waals surface area (Å²) >= 11 is 0. The number of alkyl carbamates (subject to hydrolysis) is 1. The van der Waals surface area contributed by atoms with Crippen molar-refractivity contribution in [3.63, 3.8) is 0 Å². The summed E-state index contributed by atoms with van der Waals surface area (Å²) in [6.45, 7) is 9.14. The highest BCUT2D eigenvalue weighted by Crippen LogP contribution is 2.19. The fourth-order valence-electron chi connectivity index (χ4n) is 1.85. The number of benzene rings is 1. The second-order valence-electron chi connectivity index (χ2n) is 6.31. The van der Waals surface area contributed by atoms with Gasteiger partial charge in [-0.05, 0) is 52.3 Å². The van der Waals surface area contributed by atoms with Crippen molar-refractivity contribution in [1.29, 1.82) is 0 Å². The summed E-state index contributed by atoms with van der Waals surface area (Å²) in [7, 11) is 0. The van der Waals surface area contributed by atoms with Crippen LogP contribution in [-0.4, -0.2) is 21.9 Å². The van der Waals surface area contributed by atoms with Crippen LogP contribution >= 0.6 is 0 Å². The Labute approximate surface area is 135 Å². The van der Waals surface area contributed by atoms with Crippen LogP contribution < -0.4 is 10.6 Å². The van der Waals surface area contributed by atoms with Crippen LogP contribution in [0.15, 0.2) is 28.7 Å². The molecule has 0 unspecified atom stereocenters. The maximum Gasteiger partial charge on any atom is 0.408 e. The minimum absolute atomic E-state index is 0.267. The molecule has 2 aromatic rings. The molecule has 2 rings (SSSR count). The first kappa shape index (κ1) is 16.8. The van der Waals surface area contributed by atoms with Crippen LogP contribution in [0.5, 0.6) is 0 Å². The van der Waals surface area contributed by atoms with Crippen molar-refractivity contribution < 1.29 is 13.9 Å². The molecule has 0 saturated carbocycles. The van der Waals surface area contributed by atoms with Crippen molar-refractivity contribution in [1.82, 2.24) is 15.5 Å². The van der Waals surface area contributed by atoms with Crippen molar-refractivity contribution in [2.75, 3.05) is 5.32 Å². The number of rotatable bonds is 4. The highest BCUT2D eigenvalue weighted by molar-refractivity contribution is 5.68. The highest BCUT2D eigenvalue weighted by atomic mass is 16.6. The Morgan fingerprint density at radius 2 is 2.04 bits per heavy atom. The Bertz CT molecular complexity index is 676. The maximum atomic E-state index is 11.7. The van der Waals surface area contributed by atoms with E-state index in [1.54, 1.807) is 27.7 Å². The van der Waals surface area contributed by atoms with Gasteiger partial charge in [0, 0.05) is 5.69 Å². The fraction of sp³-hybridized carbons (Fsp3) is 0.438. The van der Waals surface area contributed by atoms with Gasteiger partial charge in [0.1, 0.15) is 11.6 Å². The molecule has 0 aliphatic carbocycles. The molecule has 124 valence electrons. The molecule has 1 aromatic carbocycles. The van der Waals surface area contributed by atoms with Gasteiger partial charge in [-0.15, -0.1) is 5.10 Å². The molecule has 1 heterocycles. The second kappa shape index (κ2) is 6.68. The topological polar surface area (TPSA) is 89.3 Å². The Morgan fingerprint density at radius 3 is 2.70 bits per heavy atom. The normalized spacial score (nSPS) is 12.6. The summed E-state index contributed by atoms with van der Waals surface area (Å²) in [4.78, 5) is 11.7. The summed E-state index contributed by atoms with van der Waals surface area (Å²) in [5, 5.41) is 13.5. The zero-order valence-corrected chi connectivity index (χ0v) is 14.0. The number of hydrogen-bond acceptors (Lipinski definition) is 6. The number of carbonyl (C=O) groups is 1. The molecule has 0 spiro atoms. The standard InChI is InChI=1S/C16H22N4O3/c1-10-7-6-8-12(9-10)18-14-20-19-13(22-14)11(2)17-15(21)23-16(3,4)5/h6-9,11H,1-5H3,(H,17,21)(H,18,20)/t11-/m0/s1. The van der Waals surface area contributed by atoms with Gasteiger partial charge in [-0.25, -0.2) is 4.79 Å². The summed E-state index contributed by atoms with van der Waals surface area (Å²) < 4.78 is 10.7. The van der Waals surface area contributed by atoms with E-state index in [2.05, 4.69) is 20.8 Å². The van der Waals surface area contributed by atoms with Crippen LogP contribution in [0.3, 0.4) is 0 Å². The lowest BCUT2D eigenvalue weighted by Crippen LogP contribution is -2.34. The predicted octanol–water partition coefficient (Wildman–Crippen LogP) is 3.71. The van der Waals surface area contributed by atoms with Gasteiger partial charge in [-0.1, -0.05) is 17.2 Å². The van der Waals surface area contributed by atoms with Gasteiger partial charge in [0.2, 0.25) is 5.89 Å². The van der Waals surface area contributed by atoms with E-state index in [4.69, 9.17) is 9.15 Å². The second-order valence-corrected chi connectivity index (χ2v) is 6.31. The number of nitrogens with zero attached hydrogens (tertiary/aromatic N) is 2. The third-order valence-corrected chi connectivity index (χ3v) is 2.81. The van der Waals surface area contributed by atoms with E-state index in [1.165, 1.54) is 0 Å². The van der Waals surface area contributed by atoms with Crippen LogP contribution in [0.1, 0.15) is 45.2 Å². The average molecular weight is 318 g/mol. The van der Waals surface area contributed by atoms with E-state index in [9.17, 15) is 4.79 Å². The monoisotopic (exact) mass is 318 g/mol. The summed E-state index contributed by atoms with van der Waals surface area (Å²) in [5.74, 6) is 0.297. The molecule has 0 aliphatic heterocycles. The third-order valence-electron chi connectivity index (χ3n) is 2.81. The van der Waals surface area contributed by atoms with Gasteiger partial charge in [0.25, 0.3) is 0 Å². The lowest BCUT2D eigenvalue weighted by Gasteiger charge is -2.20. The van der Waals surface area contributed by atoms with Crippen molar-refractivity contribution in [2.45, 2.75) is 46.3 Å². The van der Waals surface area contributed by atoms with E-state index in [0.29, 0.717) is 5.89 Å². The molecule has 0 saturated heterocycles. The first-order chi connectivity index (χ1) is 10.7. The number of aryl methyl sites for hydroxylation is 1.